The lowest BCUT2D eigenvalue weighted by Gasteiger charge is -2.24. The molecule has 15 heavy (non-hydrogen) atoms. The topological polar surface area (TPSA) is 101 Å². The molecule has 0 spiro atoms. The Labute approximate surface area is 89.0 Å². The van der Waals surface area contributed by atoms with Crippen LogP contribution in [0.15, 0.2) is 0 Å². The van der Waals surface area contributed by atoms with Gasteiger partial charge in [-0.1, -0.05) is 0 Å². The third kappa shape index (κ3) is 2.90. The summed E-state index contributed by atoms with van der Waals surface area (Å²) in [6.07, 6.45) is 1.76. The summed E-state index contributed by atoms with van der Waals surface area (Å²) in [6, 6.07) is -0.865. The number of nitrogens with one attached hydrogen (secondary N) is 1. The molecular formula is C9H18N4O2. The van der Waals surface area contributed by atoms with E-state index in [2.05, 4.69) is 5.32 Å². The van der Waals surface area contributed by atoms with E-state index in [-0.39, 0.29) is 11.9 Å². The standard InChI is InChI=1S/C9H18N4O2/c1-12-9(15)7-3-2-4-13(7)5-6(10)8(11)14/h6-7H,2-5,10H2,1H3,(H2,11,14)(H,12,15). The molecule has 0 bridgehead atoms. The summed E-state index contributed by atoms with van der Waals surface area (Å²) in [5, 5.41) is 2.60. The molecule has 1 aliphatic rings. The first-order valence-electron chi connectivity index (χ1n) is 5.06. The van der Waals surface area contributed by atoms with Gasteiger partial charge in [0.2, 0.25) is 11.8 Å². The van der Waals surface area contributed by atoms with Crippen molar-refractivity contribution in [2.24, 2.45) is 11.5 Å². The molecule has 0 aliphatic carbocycles. The van der Waals surface area contributed by atoms with Crippen LogP contribution in [-0.2, 0) is 9.59 Å². The van der Waals surface area contributed by atoms with Crippen molar-refractivity contribution in [1.29, 1.82) is 0 Å². The van der Waals surface area contributed by atoms with Crippen LogP contribution in [0.2, 0.25) is 0 Å². The van der Waals surface area contributed by atoms with Crippen LogP contribution in [-0.4, -0.2) is 48.9 Å². The number of hydrogen-bond acceptors (Lipinski definition) is 4. The number of likely N-dealkylation sites (tertiary alicyclic amines) is 1. The van der Waals surface area contributed by atoms with Gasteiger partial charge in [0.05, 0.1) is 12.1 Å². The SMILES string of the molecule is CNC(=O)C1CCCN1CC(N)C(N)=O. The lowest BCUT2D eigenvalue weighted by molar-refractivity contribution is -0.126. The Hall–Kier alpha value is -1.14. The second-order valence-electron chi connectivity index (χ2n) is 3.78. The number of nitrogens with two attached hydrogens (primary N) is 2. The van der Waals surface area contributed by atoms with E-state index in [1.807, 2.05) is 4.90 Å². The van der Waals surface area contributed by atoms with Gasteiger partial charge in [0.1, 0.15) is 0 Å². The van der Waals surface area contributed by atoms with Gasteiger partial charge < -0.3 is 16.8 Å². The zero-order valence-electron chi connectivity index (χ0n) is 8.90. The number of carbonyl (C=O) groups is 2. The van der Waals surface area contributed by atoms with Gasteiger partial charge in [-0.3, -0.25) is 14.5 Å². The molecular weight excluding hydrogens is 196 g/mol. The molecule has 2 amide bonds. The molecule has 0 aromatic rings. The molecule has 1 saturated heterocycles. The molecule has 2 atom stereocenters. The fourth-order valence-electron chi connectivity index (χ4n) is 1.85. The van der Waals surface area contributed by atoms with Crippen molar-refractivity contribution in [1.82, 2.24) is 10.2 Å². The monoisotopic (exact) mass is 214 g/mol. The van der Waals surface area contributed by atoms with Gasteiger partial charge in [-0.25, -0.2) is 0 Å². The van der Waals surface area contributed by atoms with Crippen molar-refractivity contribution in [2.45, 2.75) is 24.9 Å². The molecule has 5 N–H and O–H groups in total. The number of carbonyl (C=O) groups excluding carboxylic acids is 2. The van der Waals surface area contributed by atoms with Crippen LogP contribution in [0, 0.1) is 0 Å². The highest BCUT2D eigenvalue weighted by atomic mass is 16.2. The van der Waals surface area contributed by atoms with Gasteiger partial charge in [-0.05, 0) is 19.4 Å². The smallest absolute Gasteiger partial charge is 0.237 e. The molecule has 0 aromatic heterocycles. The Morgan fingerprint density at radius 1 is 1.60 bits per heavy atom. The fourth-order valence-corrected chi connectivity index (χ4v) is 1.85. The molecule has 1 aliphatic heterocycles. The Morgan fingerprint density at radius 3 is 2.80 bits per heavy atom. The minimum Gasteiger partial charge on any atom is -0.368 e. The Kier molecular flexibility index (Phi) is 4.05. The number of likely N-dealkylation sites (N-methyl/N-ethyl adjacent to an activating group) is 1. The summed E-state index contributed by atoms with van der Waals surface area (Å²) in [5.41, 5.74) is 10.6. The summed E-state index contributed by atoms with van der Waals surface area (Å²) in [5.74, 6) is -0.554. The van der Waals surface area contributed by atoms with E-state index >= 15 is 0 Å². The zero-order valence-corrected chi connectivity index (χ0v) is 8.90. The first kappa shape index (κ1) is 11.9. The van der Waals surface area contributed by atoms with E-state index in [4.69, 9.17) is 11.5 Å². The predicted octanol–water partition coefficient (Wildman–Crippen LogP) is -1.99. The van der Waals surface area contributed by atoms with Crippen LogP contribution in [0.3, 0.4) is 0 Å². The minimum atomic E-state index is -0.699. The number of nitrogens with zero attached hydrogens (tertiary/aromatic N) is 1. The van der Waals surface area contributed by atoms with Gasteiger partial charge >= 0.3 is 0 Å². The highest BCUT2D eigenvalue weighted by Crippen LogP contribution is 2.16. The predicted molar refractivity (Wildman–Crippen MR) is 55.8 cm³/mol. The molecule has 2 unspecified atom stereocenters. The Balaban J connectivity index is 2.53. The Morgan fingerprint density at radius 2 is 2.27 bits per heavy atom. The molecule has 0 radical (unpaired) electrons. The normalized spacial score (nSPS) is 23.7. The summed E-state index contributed by atoms with van der Waals surface area (Å²) >= 11 is 0. The van der Waals surface area contributed by atoms with Crippen molar-refractivity contribution in [2.75, 3.05) is 20.1 Å². The van der Waals surface area contributed by atoms with E-state index in [1.165, 1.54) is 0 Å². The number of primary amides is 1. The van der Waals surface area contributed by atoms with Crippen LogP contribution < -0.4 is 16.8 Å². The highest BCUT2D eigenvalue weighted by Gasteiger charge is 2.31. The van der Waals surface area contributed by atoms with Gasteiger partial charge in [0.25, 0.3) is 0 Å². The van der Waals surface area contributed by atoms with E-state index in [0.717, 1.165) is 19.4 Å². The second kappa shape index (κ2) is 5.09. The summed E-state index contributed by atoms with van der Waals surface area (Å²) in [7, 11) is 1.60. The largest absolute Gasteiger partial charge is 0.368 e. The quantitative estimate of drug-likeness (QED) is 0.504. The average Bonchev–Trinajstić information content (AvgIpc) is 2.64. The lowest BCUT2D eigenvalue weighted by atomic mass is 10.2. The van der Waals surface area contributed by atoms with Crippen LogP contribution in [0.4, 0.5) is 0 Å². The van der Waals surface area contributed by atoms with E-state index in [9.17, 15) is 9.59 Å². The van der Waals surface area contributed by atoms with Crippen molar-refractivity contribution in [3.8, 4) is 0 Å². The van der Waals surface area contributed by atoms with Gasteiger partial charge in [-0.15, -0.1) is 0 Å². The maximum Gasteiger partial charge on any atom is 0.237 e. The van der Waals surface area contributed by atoms with Crippen molar-refractivity contribution in [3.05, 3.63) is 0 Å². The zero-order chi connectivity index (χ0) is 11.4. The van der Waals surface area contributed by atoms with Gasteiger partial charge in [-0.2, -0.15) is 0 Å². The average molecular weight is 214 g/mol. The summed E-state index contributed by atoms with van der Waals surface area (Å²) in [4.78, 5) is 24.2. The third-order valence-corrected chi connectivity index (χ3v) is 2.71. The first-order valence-corrected chi connectivity index (χ1v) is 5.06. The number of rotatable bonds is 4. The van der Waals surface area contributed by atoms with Gasteiger partial charge in [0.15, 0.2) is 0 Å². The lowest BCUT2D eigenvalue weighted by Crippen LogP contribution is -2.50. The van der Waals surface area contributed by atoms with Crippen molar-refractivity contribution < 1.29 is 9.59 Å². The van der Waals surface area contributed by atoms with Crippen LogP contribution >= 0.6 is 0 Å². The maximum atomic E-state index is 11.5. The molecule has 6 heteroatoms. The first-order chi connectivity index (χ1) is 7.06. The van der Waals surface area contributed by atoms with Crippen LogP contribution in [0.1, 0.15) is 12.8 Å². The van der Waals surface area contributed by atoms with Crippen LogP contribution in [0.25, 0.3) is 0 Å². The van der Waals surface area contributed by atoms with E-state index < -0.39 is 11.9 Å². The highest BCUT2D eigenvalue weighted by molar-refractivity contribution is 5.82. The number of hydrogen-bond donors (Lipinski definition) is 3. The molecule has 86 valence electrons. The number of amides is 2. The summed E-state index contributed by atoms with van der Waals surface area (Å²) < 4.78 is 0. The van der Waals surface area contributed by atoms with Gasteiger partial charge in [0, 0.05) is 13.6 Å². The molecule has 1 heterocycles. The van der Waals surface area contributed by atoms with Crippen molar-refractivity contribution >= 4 is 11.8 Å². The Bertz CT molecular complexity index is 256. The third-order valence-electron chi connectivity index (χ3n) is 2.71. The van der Waals surface area contributed by atoms with Crippen LogP contribution in [0.5, 0.6) is 0 Å². The minimum absolute atomic E-state index is 0.0239. The molecule has 1 rings (SSSR count). The molecule has 6 nitrogen and oxygen atoms in total. The molecule has 0 saturated carbocycles. The summed E-state index contributed by atoms with van der Waals surface area (Å²) in [6.45, 7) is 1.15. The van der Waals surface area contributed by atoms with E-state index in [1.54, 1.807) is 7.05 Å². The fraction of sp³-hybridized carbons (Fsp3) is 0.778. The maximum absolute atomic E-state index is 11.5. The molecule has 0 aromatic carbocycles. The van der Waals surface area contributed by atoms with E-state index in [0.29, 0.717) is 6.54 Å². The molecule has 1 fully saturated rings. The second-order valence-corrected chi connectivity index (χ2v) is 3.78. The van der Waals surface area contributed by atoms with Crippen molar-refractivity contribution in [3.63, 3.8) is 0 Å².